The van der Waals surface area contributed by atoms with Crippen molar-refractivity contribution >= 4 is 45.6 Å². The molecule has 4 nitrogen and oxygen atoms in total. The van der Waals surface area contributed by atoms with Gasteiger partial charge in [0, 0.05) is 27.8 Å². The van der Waals surface area contributed by atoms with Crippen LogP contribution in [-0.4, -0.2) is 34.1 Å². The van der Waals surface area contributed by atoms with Crippen molar-refractivity contribution in [1.29, 1.82) is 0 Å². The molecular weight excluding hydrogens is 510 g/mol. The third-order valence-corrected chi connectivity index (χ3v) is 14.0. The number of nitrogens with zero attached hydrogens (tertiary/aromatic N) is 1. The molecule has 0 bridgehead atoms. The molecule has 1 aromatic carbocycles. The molecule has 31 heavy (non-hydrogen) atoms. The van der Waals surface area contributed by atoms with Crippen LogP contribution in [0.2, 0.25) is 18.1 Å². The van der Waals surface area contributed by atoms with Gasteiger partial charge in [-0.15, -0.1) is 11.3 Å². The average Bonchev–Trinajstić information content (AvgIpc) is 3.10. The molecule has 0 spiro atoms. The van der Waals surface area contributed by atoms with Crippen molar-refractivity contribution < 1.29 is 12.8 Å². The van der Waals surface area contributed by atoms with Crippen LogP contribution in [0.3, 0.4) is 0 Å². The minimum atomic E-state index is -3.62. The van der Waals surface area contributed by atoms with E-state index in [0.717, 1.165) is 15.8 Å². The van der Waals surface area contributed by atoms with Crippen LogP contribution in [0.4, 0.5) is 0 Å². The fourth-order valence-electron chi connectivity index (χ4n) is 2.85. The average molecular weight is 547 g/mol. The predicted octanol–water partition coefficient (Wildman–Crippen LogP) is 7.31. The third kappa shape index (κ3) is 7.24. The molecule has 8 heteroatoms. The monoisotopic (exact) mass is 545 g/mol. The second kappa shape index (κ2) is 10.6. The van der Waals surface area contributed by atoms with Crippen molar-refractivity contribution in [1.82, 2.24) is 4.31 Å². The van der Waals surface area contributed by atoms with Crippen LogP contribution in [0.15, 0.2) is 51.1 Å². The summed E-state index contributed by atoms with van der Waals surface area (Å²) in [5, 5.41) is 2.06. The van der Waals surface area contributed by atoms with E-state index in [0.29, 0.717) is 23.9 Å². The van der Waals surface area contributed by atoms with Crippen molar-refractivity contribution in [2.75, 3.05) is 13.1 Å². The summed E-state index contributed by atoms with van der Waals surface area (Å²) in [6.07, 6.45) is 0.496. The number of halogens is 1. The molecule has 174 valence electrons. The summed E-state index contributed by atoms with van der Waals surface area (Å²) in [7, 11) is -5.74. The normalized spacial score (nSPS) is 14.4. The standard InChI is InChI=1S/C23H36BrNO3S2Si/c1-18(2)13-14-25(30(26,27)20-11-9-8-10-12-20)16-21(22-15-19(24)17-29-22)28-31(6,7)23(3,4)5/h8-12,15,17-18,21H,13-14,16H2,1-7H3. The Labute approximate surface area is 202 Å². The van der Waals surface area contributed by atoms with E-state index in [2.05, 4.69) is 69.7 Å². The quantitative estimate of drug-likeness (QED) is 0.294. The lowest BCUT2D eigenvalue weighted by molar-refractivity contribution is 0.155. The Morgan fingerprint density at radius 1 is 1.16 bits per heavy atom. The zero-order valence-electron chi connectivity index (χ0n) is 19.7. The highest BCUT2D eigenvalue weighted by molar-refractivity contribution is 9.10. The number of hydrogen-bond acceptors (Lipinski definition) is 4. The van der Waals surface area contributed by atoms with Gasteiger partial charge < -0.3 is 4.43 Å². The van der Waals surface area contributed by atoms with E-state index >= 15 is 0 Å². The SMILES string of the molecule is CC(C)CCN(CC(O[Si](C)(C)C(C)(C)C)c1cc(Br)cs1)S(=O)(=O)c1ccccc1. The first-order valence-corrected chi connectivity index (χ1v) is 16.7. The van der Waals surface area contributed by atoms with Crippen LogP contribution in [0.5, 0.6) is 0 Å². The summed E-state index contributed by atoms with van der Waals surface area (Å²) in [6, 6.07) is 10.8. The predicted molar refractivity (Wildman–Crippen MR) is 138 cm³/mol. The fraction of sp³-hybridized carbons (Fsp3) is 0.565. The first kappa shape index (κ1) is 26.7. The summed E-state index contributed by atoms with van der Waals surface area (Å²) < 4.78 is 36.5. The Kier molecular flexibility index (Phi) is 9.15. The number of hydrogen-bond donors (Lipinski definition) is 0. The maximum Gasteiger partial charge on any atom is 0.243 e. The Hall–Kier alpha value is -0.513. The third-order valence-electron chi connectivity index (χ3n) is 5.85. The van der Waals surface area contributed by atoms with Crippen molar-refractivity contribution in [3.8, 4) is 0 Å². The van der Waals surface area contributed by atoms with Crippen molar-refractivity contribution in [2.45, 2.75) is 70.2 Å². The molecule has 0 N–H and O–H groups in total. The van der Waals surface area contributed by atoms with Crippen LogP contribution in [0.25, 0.3) is 0 Å². The van der Waals surface area contributed by atoms with Crippen LogP contribution in [0.1, 0.15) is 52.0 Å². The van der Waals surface area contributed by atoms with E-state index < -0.39 is 18.3 Å². The molecule has 0 fully saturated rings. The van der Waals surface area contributed by atoms with E-state index in [4.69, 9.17) is 4.43 Å². The number of thiophene rings is 1. The van der Waals surface area contributed by atoms with Crippen molar-refractivity contribution in [2.24, 2.45) is 5.92 Å². The molecule has 2 rings (SSSR count). The second-order valence-corrected chi connectivity index (χ2v) is 18.4. The first-order chi connectivity index (χ1) is 14.2. The highest BCUT2D eigenvalue weighted by Crippen LogP contribution is 2.41. The van der Waals surface area contributed by atoms with Gasteiger partial charge in [0.15, 0.2) is 8.32 Å². The molecule has 0 aliphatic carbocycles. The van der Waals surface area contributed by atoms with Gasteiger partial charge in [-0.2, -0.15) is 4.31 Å². The fourth-order valence-corrected chi connectivity index (χ4v) is 7.15. The summed E-state index contributed by atoms with van der Waals surface area (Å²) >= 11 is 5.16. The van der Waals surface area contributed by atoms with Crippen LogP contribution in [0, 0.1) is 5.92 Å². The molecular formula is C23H36BrNO3S2Si. The zero-order valence-corrected chi connectivity index (χ0v) is 23.9. The van der Waals surface area contributed by atoms with Crippen molar-refractivity contribution in [3.05, 3.63) is 51.1 Å². The number of sulfonamides is 1. The highest BCUT2D eigenvalue weighted by atomic mass is 79.9. The molecule has 0 saturated heterocycles. The van der Waals surface area contributed by atoms with Crippen LogP contribution < -0.4 is 0 Å². The van der Waals surface area contributed by atoms with Gasteiger partial charge in [-0.05, 0) is 64.6 Å². The molecule has 0 saturated carbocycles. The summed E-state index contributed by atoms with van der Waals surface area (Å²) in [6.45, 7) is 16.1. The molecule has 1 unspecified atom stereocenters. The van der Waals surface area contributed by atoms with Gasteiger partial charge in [0.1, 0.15) is 0 Å². The Morgan fingerprint density at radius 2 is 1.77 bits per heavy atom. The summed E-state index contributed by atoms with van der Waals surface area (Å²) in [5.74, 6) is 0.407. The maximum atomic E-state index is 13.6. The highest BCUT2D eigenvalue weighted by Gasteiger charge is 2.41. The topological polar surface area (TPSA) is 46.6 Å². The van der Waals surface area contributed by atoms with Crippen molar-refractivity contribution in [3.63, 3.8) is 0 Å². The smallest absolute Gasteiger partial charge is 0.243 e. The van der Waals surface area contributed by atoms with Gasteiger partial charge in [-0.25, -0.2) is 8.42 Å². The number of benzene rings is 1. The van der Waals surface area contributed by atoms with Gasteiger partial charge in [-0.1, -0.05) is 52.8 Å². The minimum Gasteiger partial charge on any atom is -0.408 e. The molecule has 0 amide bonds. The molecule has 1 atom stereocenters. The lowest BCUT2D eigenvalue weighted by Gasteiger charge is -2.40. The van der Waals surface area contributed by atoms with Crippen LogP contribution >= 0.6 is 27.3 Å². The minimum absolute atomic E-state index is 0.0286. The lowest BCUT2D eigenvalue weighted by atomic mass is 10.1. The first-order valence-electron chi connectivity index (χ1n) is 10.7. The molecule has 1 aromatic heterocycles. The van der Waals surface area contributed by atoms with E-state index in [1.54, 1.807) is 39.9 Å². The molecule has 2 aromatic rings. The Balaban J connectivity index is 2.44. The van der Waals surface area contributed by atoms with E-state index in [9.17, 15) is 8.42 Å². The molecule has 0 aliphatic rings. The Bertz CT molecular complexity index is 937. The second-order valence-electron chi connectivity index (χ2n) is 9.89. The van der Waals surface area contributed by atoms with Crippen LogP contribution in [-0.2, 0) is 14.4 Å². The van der Waals surface area contributed by atoms with E-state index in [1.807, 2.05) is 11.4 Å². The van der Waals surface area contributed by atoms with Gasteiger partial charge in [0.25, 0.3) is 0 Å². The molecule has 0 aliphatic heterocycles. The van der Waals surface area contributed by atoms with Gasteiger partial charge in [0.2, 0.25) is 10.0 Å². The van der Waals surface area contributed by atoms with E-state index in [1.165, 1.54) is 0 Å². The maximum absolute atomic E-state index is 13.6. The zero-order chi connectivity index (χ0) is 23.4. The number of rotatable bonds is 10. The largest absolute Gasteiger partial charge is 0.408 e. The van der Waals surface area contributed by atoms with E-state index in [-0.39, 0.29) is 11.1 Å². The summed E-state index contributed by atoms with van der Waals surface area (Å²) in [4.78, 5) is 1.38. The summed E-state index contributed by atoms with van der Waals surface area (Å²) in [5.41, 5.74) is 0. The molecule has 0 radical (unpaired) electrons. The van der Waals surface area contributed by atoms with Gasteiger partial charge in [0.05, 0.1) is 11.0 Å². The lowest BCUT2D eigenvalue weighted by Crippen LogP contribution is -2.45. The molecule has 1 heterocycles. The van der Waals surface area contributed by atoms with Gasteiger partial charge >= 0.3 is 0 Å². The van der Waals surface area contributed by atoms with Gasteiger partial charge in [-0.3, -0.25) is 0 Å². The Morgan fingerprint density at radius 3 is 2.26 bits per heavy atom.